The molecule has 0 amide bonds. The summed E-state index contributed by atoms with van der Waals surface area (Å²) in [5.41, 5.74) is 6.82. The largest absolute Gasteiger partial charge is 0.328 e. The van der Waals surface area contributed by atoms with Crippen molar-refractivity contribution in [2.45, 2.75) is 43.7 Å². The molecule has 2 rings (SSSR count). The molecule has 0 aromatic carbocycles. The van der Waals surface area contributed by atoms with Crippen LogP contribution in [0.2, 0.25) is 0 Å². The van der Waals surface area contributed by atoms with E-state index >= 15 is 0 Å². The second-order valence-electron chi connectivity index (χ2n) is 4.67. The van der Waals surface area contributed by atoms with Gasteiger partial charge in [0, 0.05) is 19.1 Å². The van der Waals surface area contributed by atoms with Crippen molar-refractivity contribution in [2.24, 2.45) is 12.8 Å². The maximum Gasteiger partial charge on any atom is 0.244 e. The average molecular weight is 258 g/mol. The molecule has 1 saturated carbocycles. The molecule has 0 spiro atoms. The number of nitrogens with zero attached hydrogens (tertiary/aromatic N) is 2. The van der Waals surface area contributed by atoms with Gasteiger partial charge in [0.2, 0.25) is 10.0 Å². The van der Waals surface area contributed by atoms with E-state index in [9.17, 15) is 8.42 Å². The lowest BCUT2D eigenvalue weighted by atomic mass is 9.89. The van der Waals surface area contributed by atoms with Crippen LogP contribution in [0.25, 0.3) is 0 Å². The fraction of sp³-hybridized carbons (Fsp3) is 0.700. The molecule has 1 aromatic heterocycles. The second-order valence-corrected chi connectivity index (χ2v) is 6.32. The molecule has 0 unspecified atom stereocenters. The highest BCUT2D eigenvalue weighted by atomic mass is 32.2. The van der Waals surface area contributed by atoms with E-state index in [0.29, 0.717) is 29.1 Å². The van der Waals surface area contributed by atoms with Gasteiger partial charge in [0.05, 0.1) is 11.4 Å². The van der Waals surface area contributed by atoms with Crippen molar-refractivity contribution in [1.82, 2.24) is 14.5 Å². The molecule has 3 N–H and O–H groups in total. The standard InChI is InChI=1S/C10H18N4O2S/c1-6-10(7(2)14(3)12-6)17(15,16)13-9-4-8(11)5-9/h8-9,13H,4-5,11H2,1-3H3. The highest BCUT2D eigenvalue weighted by Gasteiger charge is 2.32. The molecular weight excluding hydrogens is 240 g/mol. The van der Waals surface area contributed by atoms with Crippen LogP contribution < -0.4 is 10.5 Å². The lowest BCUT2D eigenvalue weighted by Gasteiger charge is -2.32. The van der Waals surface area contributed by atoms with Crippen LogP contribution in [-0.2, 0) is 17.1 Å². The Morgan fingerprint density at radius 1 is 1.41 bits per heavy atom. The summed E-state index contributed by atoms with van der Waals surface area (Å²) < 4.78 is 28.6. The summed E-state index contributed by atoms with van der Waals surface area (Å²) in [6.45, 7) is 3.45. The summed E-state index contributed by atoms with van der Waals surface area (Å²) in [7, 11) is -1.74. The van der Waals surface area contributed by atoms with Crippen molar-refractivity contribution in [3.05, 3.63) is 11.4 Å². The van der Waals surface area contributed by atoms with Gasteiger partial charge in [-0.2, -0.15) is 5.10 Å². The van der Waals surface area contributed by atoms with Gasteiger partial charge in [0.1, 0.15) is 4.90 Å². The van der Waals surface area contributed by atoms with Gasteiger partial charge in [-0.1, -0.05) is 0 Å². The molecule has 17 heavy (non-hydrogen) atoms. The van der Waals surface area contributed by atoms with E-state index in [0.717, 1.165) is 0 Å². The first kappa shape index (κ1) is 12.5. The molecule has 0 radical (unpaired) electrons. The first-order valence-electron chi connectivity index (χ1n) is 5.59. The first-order valence-corrected chi connectivity index (χ1v) is 7.07. The van der Waals surface area contributed by atoms with E-state index in [1.807, 2.05) is 0 Å². The lowest BCUT2D eigenvalue weighted by molar-refractivity contribution is 0.327. The average Bonchev–Trinajstić information content (AvgIpc) is 2.38. The molecule has 0 aliphatic heterocycles. The Morgan fingerprint density at radius 2 is 2.00 bits per heavy atom. The Morgan fingerprint density at radius 3 is 2.41 bits per heavy atom. The molecule has 7 heteroatoms. The van der Waals surface area contributed by atoms with Gasteiger partial charge >= 0.3 is 0 Å². The Bertz CT molecular complexity index is 529. The number of aryl methyl sites for hydroxylation is 2. The van der Waals surface area contributed by atoms with Gasteiger partial charge in [-0.15, -0.1) is 0 Å². The zero-order valence-electron chi connectivity index (χ0n) is 10.3. The third-order valence-corrected chi connectivity index (χ3v) is 4.98. The van der Waals surface area contributed by atoms with E-state index in [-0.39, 0.29) is 12.1 Å². The van der Waals surface area contributed by atoms with Crippen molar-refractivity contribution >= 4 is 10.0 Å². The minimum Gasteiger partial charge on any atom is -0.328 e. The lowest BCUT2D eigenvalue weighted by Crippen LogP contribution is -2.50. The fourth-order valence-electron chi connectivity index (χ4n) is 2.18. The van der Waals surface area contributed by atoms with Crippen LogP contribution in [0.4, 0.5) is 0 Å². The van der Waals surface area contributed by atoms with Gasteiger partial charge in [0.25, 0.3) is 0 Å². The summed E-state index contributed by atoms with van der Waals surface area (Å²) in [6.07, 6.45) is 1.41. The van der Waals surface area contributed by atoms with Crippen LogP contribution in [0.1, 0.15) is 24.2 Å². The molecule has 0 saturated heterocycles. The molecule has 1 aromatic rings. The molecule has 1 aliphatic carbocycles. The third kappa shape index (κ3) is 2.22. The van der Waals surface area contributed by atoms with E-state index in [4.69, 9.17) is 5.73 Å². The maximum absolute atomic E-state index is 12.2. The topological polar surface area (TPSA) is 90.0 Å². The highest BCUT2D eigenvalue weighted by Crippen LogP contribution is 2.23. The fourth-order valence-corrected chi connectivity index (χ4v) is 3.88. The van der Waals surface area contributed by atoms with E-state index in [1.54, 1.807) is 25.6 Å². The van der Waals surface area contributed by atoms with Gasteiger partial charge in [-0.25, -0.2) is 13.1 Å². The molecule has 6 nitrogen and oxygen atoms in total. The predicted octanol–water partition coefficient (Wildman–Crippen LogP) is -0.195. The Labute approximate surface area is 101 Å². The molecule has 96 valence electrons. The van der Waals surface area contributed by atoms with Crippen molar-refractivity contribution in [1.29, 1.82) is 0 Å². The smallest absolute Gasteiger partial charge is 0.244 e. The summed E-state index contributed by atoms with van der Waals surface area (Å²) in [5, 5.41) is 4.12. The number of sulfonamides is 1. The van der Waals surface area contributed by atoms with Gasteiger partial charge in [-0.05, 0) is 26.7 Å². The number of nitrogens with two attached hydrogens (primary N) is 1. The van der Waals surface area contributed by atoms with Crippen LogP contribution in [0, 0.1) is 13.8 Å². The van der Waals surface area contributed by atoms with Gasteiger partial charge in [0.15, 0.2) is 0 Å². The maximum atomic E-state index is 12.2. The predicted molar refractivity (Wildman–Crippen MR) is 64.0 cm³/mol. The van der Waals surface area contributed by atoms with Crippen molar-refractivity contribution in [3.8, 4) is 0 Å². The SMILES string of the molecule is Cc1nn(C)c(C)c1S(=O)(=O)NC1CC(N)C1. The Hall–Kier alpha value is -0.920. The minimum absolute atomic E-state index is 0.0333. The summed E-state index contributed by atoms with van der Waals surface area (Å²) >= 11 is 0. The molecule has 1 fully saturated rings. The van der Waals surface area contributed by atoms with Crippen molar-refractivity contribution in [2.75, 3.05) is 0 Å². The van der Waals surface area contributed by atoms with Crippen molar-refractivity contribution in [3.63, 3.8) is 0 Å². The number of hydrogen-bond acceptors (Lipinski definition) is 4. The Kier molecular flexibility index (Phi) is 3.01. The summed E-state index contributed by atoms with van der Waals surface area (Å²) in [6, 6.07) is 0.0906. The second kappa shape index (κ2) is 4.08. The van der Waals surface area contributed by atoms with Crippen LogP contribution in [-0.4, -0.2) is 30.3 Å². The zero-order chi connectivity index (χ0) is 12.8. The van der Waals surface area contributed by atoms with E-state index in [2.05, 4.69) is 9.82 Å². The number of nitrogens with one attached hydrogen (secondary N) is 1. The van der Waals surface area contributed by atoms with E-state index < -0.39 is 10.0 Å². The molecule has 1 heterocycles. The highest BCUT2D eigenvalue weighted by molar-refractivity contribution is 7.89. The van der Waals surface area contributed by atoms with Crippen LogP contribution in [0.15, 0.2) is 4.90 Å². The van der Waals surface area contributed by atoms with Gasteiger partial charge in [-0.3, -0.25) is 4.68 Å². The molecule has 0 bridgehead atoms. The van der Waals surface area contributed by atoms with Crippen molar-refractivity contribution < 1.29 is 8.42 Å². The number of hydrogen-bond donors (Lipinski definition) is 2. The van der Waals surface area contributed by atoms with E-state index in [1.165, 1.54) is 0 Å². The third-order valence-electron chi connectivity index (χ3n) is 3.21. The summed E-state index contributed by atoms with van der Waals surface area (Å²) in [4.78, 5) is 0.292. The zero-order valence-corrected chi connectivity index (χ0v) is 11.1. The monoisotopic (exact) mass is 258 g/mol. The van der Waals surface area contributed by atoms with Gasteiger partial charge < -0.3 is 5.73 Å². The molecule has 0 atom stereocenters. The van der Waals surface area contributed by atoms with Crippen LogP contribution in [0.3, 0.4) is 0 Å². The quantitative estimate of drug-likeness (QED) is 0.786. The first-order chi connectivity index (χ1) is 7.81. The van der Waals surface area contributed by atoms with Crippen LogP contribution in [0.5, 0.6) is 0 Å². The number of rotatable bonds is 3. The summed E-state index contributed by atoms with van der Waals surface area (Å²) in [5.74, 6) is 0. The number of aromatic nitrogens is 2. The minimum atomic E-state index is -3.47. The molecular formula is C10H18N4O2S. The Balaban J connectivity index is 2.26. The van der Waals surface area contributed by atoms with Crippen LogP contribution >= 0.6 is 0 Å². The molecule has 1 aliphatic rings. The normalized spacial score (nSPS) is 24.7.